The first-order chi connectivity index (χ1) is 18.1. The van der Waals surface area contributed by atoms with E-state index < -0.39 is 0 Å². The fourth-order valence-electron chi connectivity index (χ4n) is 4.36. The number of hydrogen-bond donors (Lipinski definition) is 1. The Hall–Kier alpha value is -4.97. The molecule has 0 saturated heterocycles. The average molecular weight is 485 g/mol. The Morgan fingerprint density at radius 1 is 0.811 bits per heavy atom. The van der Waals surface area contributed by atoms with Gasteiger partial charge in [-0.3, -0.25) is 4.79 Å². The van der Waals surface area contributed by atoms with E-state index in [1.165, 1.54) is 0 Å². The van der Waals surface area contributed by atoms with Crippen LogP contribution in [0.15, 0.2) is 109 Å². The van der Waals surface area contributed by atoms with Gasteiger partial charge >= 0.3 is 0 Å². The van der Waals surface area contributed by atoms with Crippen LogP contribution in [0.25, 0.3) is 27.5 Å². The molecule has 5 aromatic carbocycles. The number of benzene rings is 5. The molecular formula is C31H24N4O2. The molecule has 0 unspecified atom stereocenters. The van der Waals surface area contributed by atoms with Crippen molar-refractivity contribution in [1.29, 1.82) is 0 Å². The molecule has 0 spiro atoms. The van der Waals surface area contributed by atoms with E-state index in [4.69, 9.17) is 14.9 Å². The highest BCUT2D eigenvalue weighted by Gasteiger charge is 2.13. The first kappa shape index (κ1) is 22.5. The smallest absolute Gasteiger partial charge is 0.255 e. The number of nitrogens with zero attached hydrogens (tertiary/aromatic N) is 3. The summed E-state index contributed by atoms with van der Waals surface area (Å²) in [4.78, 5) is 14.8. The first-order valence-corrected chi connectivity index (χ1v) is 12.1. The zero-order chi connectivity index (χ0) is 25.2. The van der Waals surface area contributed by atoms with Crippen LogP contribution in [0.2, 0.25) is 0 Å². The SMILES string of the molecule is Cc1cc2nn(-c3cccc4ccccc34)nc2cc1NC(=O)c1cccc(OCc2ccccc2)c1. The molecular weight excluding hydrogens is 460 g/mol. The van der Waals surface area contributed by atoms with E-state index in [0.717, 1.165) is 33.1 Å². The second-order valence-corrected chi connectivity index (χ2v) is 8.90. The molecule has 1 N–H and O–H groups in total. The third-order valence-corrected chi connectivity index (χ3v) is 6.30. The summed E-state index contributed by atoms with van der Waals surface area (Å²) in [7, 11) is 0. The van der Waals surface area contributed by atoms with E-state index in [9.17, 15) is 4.79 Å². The van der Waals surface area contributed by atoms with Gasteiger partial charge in [-0.15, -0.1) is 15.0 Å². The predicted molar refractivity (Wildman–Crippen MR) is 146 cm³/mol. The molecule has 6 aromatic rings. The second-order valence-electron chi connectivity index (χ2n) is 8.90. The van der Waals surface area contributed by atoms with Crippen LogP contribution in [-0.4, -0.2) is 20.9 Å². The number of fused-ring (bicyclic) bond motifs is 2. The average Bonchev–Trinajstić information content (AvgIpc) is 3.35. The third-order valence-electron chi connectivity index (χ3n) is 6.30. The van der Waals surface area contributed by atoms with Crippen LogP contribution in [0.3, 0.4) is 0 Å². The minimum absolute atomic E-state index is 0.214. The monoisotopic (exact) mass is 484 g/mol. The van der Waals surface area contributed by atoms with Crippen molar-refractivity contribution in [2.75, 3.05) is 5.32 Å². The van der Waals surface area contributed by atoms with E-state index in [1.807, 2.05) is 85.8 Å². The number of carbonyl (C=O) groups is 1. The second kappa shape index (κ2) is 9.59. The lowest BCUT2D eigenvalue weighted by molar-refractivity contribution is 0.102. The highest BCUT2D eigenvalue weighted by Crippen LogP contribution is 2.26. The van der Waals surface area contributed by atoms with Gasteiger partial charge in [0, 0.05) is 16.6 Å². The Balaban J connectivity index is 1.24. The topological polar surface area (TPSA) is 69.0 Å². The van der Waals surface area contributed by atoms with Crippen LogP contribution in [0.1, 0.15) is 21.5 Å². The number of rotatable bonds is 6. The van der Waals surface area contributed by atoms with Gasteiger partial charge in [-0.25, -0.2) is 0 Å². The Kier molecular flexibility index (Phi) is 5.83. The van der Waals surface area contributed by atoms with Crippen LogP contribution in [0.4, 0.5) is 5.69 Å². The van der Waals surface area contributed by atoms with Crippen molar-refractivity contribution >= 4 is 33.4 Å². The van der Waals surface area contributed by atoms with Gasteiger partial charge in [-0.05, 0) is 59.8 Å². The van der Waals surface area contributed by atoms with Gasteiger partial charge in [0.2, 0.25) is 0 Å². The highest BCUT2D eigenvalue weighted by atomic mass is 16.5. The Morgan fingerprint density at radius 3 is 2.41 bits per heavy atom. The lowest BCUT2D eigenvalue weighted by Crippen LogP contribution is -2.13. The lowest BCUT2D eigenvalue weighted by atomic mass is 10.1. The zero-order valence-electron chi connectivity index (χ0n) is 20.3. The molecule has 1 heterocycles. The predicted octanol–water partition coefficient (Wildman–Crippen LogP) is 6.71. The van der Waals surface area contributed by atoms with Crippen molar-refractivity contribution in [3.8, 4) is 11.4 Å². The summed E-state index contributed by atoms with van der Waals surface area (Å²) in [5, 5.41) is 14.6. The minimum Gasteiger partial charge on any atom is -0.489 e. The maximum absolute atomic E-state index is 13.1. The summed E-state index contributed by atoms with van der Waals surface area (Å²) < 4.78 is 5.89. The normalized spacial score (nSPS) is 11.1. The molecule has 180 valence electrons. The van der Waals surface area contributed by atoms with Crippen molar-refractivity contribution in [1.82, 2.24) is 15.0 Å². The van der Waals surface area contributed by atoms with E-state index in [0.29, 0.717) is 29.1 Å². The number of nitrogens with one attached hydrogen (secondary N) is 1. The summed E-state index contributed by atoms with van der Waals surface area (Å²) in [6, 6.07) is 35.2. The molecule has 0 aliphatic carbocycles. The fourth-order valence-corrected chi connectivity index (χ4v) is 4.36. The summed E-state index contributed by atoms with van der Waals surface area (Å²) in [5.74, 6) is 0.427. The van der Waals surface area contributed by atoms with E-state index in [2.05, 4.69) is 23.5 Å². The number of amides is 1. The molecule has 37 heavy (non-hydrogen) atoms. The van der Waals surface area contributed by atoms with Crippen LogP contribution >= 0.6 is 0 Å². The van der Waals surface area contributed by atoms with Gasteiger partial charge in [-0.1, -0.05) is 72.8 Å². The summed E-state index contributed by atoms with van der Waals surface area (Å²) in [5.41, 5.74) is 5.56. The molecule has 1 aromatic heterocycles. The number of ether oxygens (including phenoxy) is 1. The summed E-state index contributed by atoms with van der Waals surface area (Å²) >= 11 is 0. The Bertz CT molecular complexity index is 1740. The molecule has 0 saturated carbocycles. The van der Waals surface area contributed by atoms with Gasteiger partial charge in [0.1, 0.15) is 23.4 Å². The van der Waals surface area contributed by atoms with Crippen LogP contribution in [-0.2, 0) is 6.61 Å². The first-order valence-electron chi connectivity index (χ1n) is 12.1. The Morgan fingerprint density at radius 2 is 1.54 bits per heavy atom. The third kappa shape index (κ3) is 4.65. The molecule has 1 amide bonds. The maximum atomic E-state index is 13.1. The summed E-state index contributed by atoms with van der Waals surface area (Å²) in [6.45, 7) is 2.39. The molecule has 6 rings (SSSR count). The van der Waals surface area contributed by atoms with Gasteiger partial charge in [0.15, 0.2) is 0 Å². The lowest BCUT2D eigenvalue weighted by Gasteiger charge is -2.10. The van der Waals surface area contributed by atoms with E-state index in [1.54, 1.807) is 16.9 Å². The van der Waals surface area contributed by atoms with Crippen molar-refractivity contribution in [3.63, 3.8) is 0 Å². The molecule has 0 radical (unpaired) electrons. The van der Waals surface area contributed by atoms with Gasteiger partial charge < -0.3 is 10.1 Å². The molecule has 0 aliphatic rings. The number of anilines is 1. The standard InChI is InChI=1S/C31H24N4O2/c1-21-17-28-29(34-35(33-28)30-16-8-12-23-11-5-6-15-26(23)30)19-27(21)32-31(36)24-13-7-14-25(18-24)37-20-22-9-3-2-4-10-22/h2-19H,20H2,1H3,(H,32,36). The quantitative estimate of drug-likeness (QED) is 0.285. The van der Waals surface area contributed by atoms with Crippen molar-refractivity contribution in [2.24, 2.45) is 0 Å². The minimum atomic E-state index is -0.214. The van der Waals surface area contributed by atoms with Gasteiger partial charge in [0.25, 0.3) is 5.91 Å². The molecule has 0 aliphatic heterocycles. The van der Waals surface area contributed by atoms with E-state index in [-0.39, 0.29) is 5.91 Å². The maximum Gasteiger partial charge on any atom is 0.255 e. The van der Waals surface area contributed by atoms with Crippen LogP contribution in [0, 0.1) is 6.92 Å². The molecule has 6 nitrogen and oxygen atoms in total. The highest BCUT2D eigenvalue weighted by molar-refractivity contribution is 6.05. The molecule has 0 bridgehead atoms. The molecule has 6 heteroatoms. The van der Waals surface area contributed by atoms with Crippen molar-refractivity contribution in [2.45, 2.75) is 13.5 Å². The Labute approximate surface area is 214 Å². The van der Waals surface area contributed by atoms with Crippen LogP contribution < -0.4 is 10.1 Å². The number of aryl methyl sites for hydroxylation is 1. The van der Waals surface area contributed by atoms with Crippen molar-refractivity contribution < 1.29 is 9.53 Å². The summed E-state index contributed by atoms with van der Waals surface area (Å²) in [6.07, 6.45) is 0. The number of aromatic nitrogens is 3. The number of carbonyl (C=O) groups excluding carboxylic acids is 1. The molecule has 0 fully saturated rings. The van der Waals surface area contributed by atoms with Crippen molar-refractivity contribution in [3.05, 3.63) is 126 Å². The molecule has 0 atom stereocenters. The number of hydrogen-bond acceptors (Lipinski definition) is 4. The zero-order valence-corrected chi connectivity index (χ0v) is 20.3. The van der Waals surface area contributed by atoms with E-state index >= 15 is 0 Å². The van der Waals surface area contributed by atoms with Gasteiger partial charge in [-0.2, -0.15) is 0 Å². The van der Waals surface area contributed by atoms with Crippen LogP contribution in [0.5, 0.6) is 5.75 Å². The largest absolute Gasteiger partial charge is 0.489 e. The van der Waals surface area contributed by atoms with Gasteiger partial charge in [0.05, 0.1) is 5.69 Å². The fraction of sp³-hybridized carbons (Fsp3) is 0.0645.